The van der Waals surface area contributed by atoms with Crippen molar-refractivity contribution < 1.29 is 9.90 Å². The molecular formula is C12H18N2O2. The molecule has 1 aromatic rings. The van der Waals surface area contributed by atoms with Crippen molar-refractivity contribution in [2.45, 2.75) is 20.3 Å². The van der Waals surface area contributed by atoms with Gasteiger partial charge < -0.3 is 10.0 Å². The summed E-state index contributed by atoms with van der Waals surface area (Å²) >= 11 is 0. The Hall–Kier alpha value is -1.58. The first-order valence-electron chi connectivity index (χ1n) is 5.41. The first kappa shape index (κ1) is 12.5. The van der Waals surface area contributed by atoms with Crippen LogP contribution in [0.15, 0.2) is 18.3 Å². The lowest BCUT2D eigenvalue weighted by Gasteiger charge is -2.19. The van der Waals surface area contributed by atoms with Crippen LogP contribution in [0.4, 0.5) is 5.69 Å². The number of hydrogen-bond acceptors (Lipinski definition) is 3. The number of pyridine rings is 1. The van der Waals surface area contributed by atoms with Crippen molar-refractivity contribution in [2.24, 2.45) is 5.92 Å². The highest BCUT2D eigenvalue weighted by Gasteiger charge is 2.06. The van der Waals surface area contributed by atoms with Gasteiger partial charge in [0.15, 0.2) is 0 Å². The fourth-order valence-electron chi connectivity index (χ4n) is 1.32. The molecule has 0 bridgehead atoms. The van der Waals surface area contributed by atoms with Crippen LogP contribution in [0.5, 0.6) is 0 Å². The fraction of sp³-hybridized carbons (Fsp3) is 0.500. The summed E-state index contributed by atoms with van der Waals surface area (Å²) in [6.45, 7) is 5.31. The van der Waals surface area contributed by atoms with E-state index in [9.17, 15) is 4.79 Å². The third-order valence-corrected chi connectivity index (χ3v) is 2.45. The van der Waals surface area contributed by atoms with Gasteiger partial charge in [0.1, 0.15) is 5.69 Å². The van der Waals surface area contributed by atoms with Crippen molar-refractivity contribution in [1.82, 2.24) is 4.98 Å². The van der Waals surface area contributed by atoms with E-state index in [1.54, 1.807) is 12.3 Å². The van der Waals surface area contributed by atoms with Gasteiger partial charge in [0, 0.05) is 13.6 Å². The average Bonchev–Trinajstić information content (AvgIpc) is 2.26. The quantitative estimate of drug-likeness (QED) is 0.830. The van der Waals surface area contributed by atoms with Gasteiger partial charge in [-0.05, 0) is 24.5 Å². The van der Waals surface area contributed by atoms with E-state index in [1.807, 2.05) is 7.05 Å². The Morgan fingerprint density at radius 1 is 1.50 bits per heavy atom. The Morgan fingerprint density at radius 2 is 2.19 bits per heavy atom. The summed E-state index contributed by atoms with van der Waals surface area (Å²) < 4.78 is 0. The molecule has 0 fully saturated rings. The molecule has 0 aromatic carbocycles. The number of hydrogen-bond donors (Lipinski definition) is 1. The number of rotatable bonds is 5. The highest BCUT2D eigenvalue weighted by Crippen LogP contribution is 2.13. The normalized spacial score (nSPS) is 10.5. The first-order chi connectivity index (χ1) is 7.50. The van der Waals surface area contributed by atoms with Crippen molar-refractivity contribution in [2.75, 3.05) is 18.5 Å². The number of carbonyl (C=O) groups is 1. The van der Waals surface area contributed by atoms with Crippen molar-refractivity contribution >= 4 is 11.7 Å². The van der Waals surface area contributed by atoms with E-state index in [4.69, 9.17) is 5.11 Å². The SMILES string of the molecule is CC(C)CCN(C)c1ccc(C(=O)O)nc1. The summed E-state index contributed by atoms with van der Waals surface area (Å²) in [4.78, 5) is 16.6. The van der Waals surface area contributed by atoms with Crippen LogP contribution in [0.1, 0.15) is 30.8 Å². The highest BCUT2D eigenvalue weighted by atomic mass is 16.4. The number of carboxylic acid groups (broad SMARTS) is 1. The van der Waals surface area contributed by atoms with Crippen molar-refractivity contribution in [1.29, 1.82) is 0 Å². The van der Waals surface area contributed by atoms with Crippen LogP contribution in [0.2, 0.25) is 0 Å². The molecule has 88 valence electrons. The fourth-order valence-corrected chi connectivity index (χ4v) is 1.32. The van der Waals surface area contributed by atoms with Crippen LogP contribution in [-0.4, -0.2) is 29.7 Å². The van der Waals surface area contributed by atoms with Crippen molar-refractivity contribution in [3.8, 4) is 0 Å². The molecule has 0 amide bonds. The molecule has 1 rings (SSSR count). The molecule has 1 heterocycles. The standard InChI is InChI=1S/C12H18N2O2/c1-9(2)6-7-14(3)10-4-5-11(12(15)16)13-8-10/h4-5,8-9H,6-7H2,1-3H3,(H,15,16). The molecule has 0 spiro atoms. The zero-order valence-corrected chi connectivity index (χ0v) is 9.97. The van der Waals surface area contributed by atoms with Gasteiger partial charge in [-0.25, -0.2) is 9.78 Å². The number of anilines is 1. The number of nitrogens with zero attached hydrogens (tertiary/aromatic N) is 2. The van der Waals surface area contributed by atoms with E-state index in [0.717, 1.165) is 18.7 Å². The number of aromatic carboxylic acids is 1. The summed E-state index contributed by atoms with van der Waals surface area (Å²) in [5.74, 6) is -0.329. The van der Waals surface area contributed by atoms with Gasteiger partial charge in [-0.1, -0.05) is 13.8 Å². The van der Waals surface area contributed by atoms with Gasteiger partial charge in [0.2, 0.25) is 0 Å². The smallest absolute Gasteiger partial charge is 0.354 e. The lowest BCUT2D eigenvalue weighted by Crippen LogP contribution is -2.20. The van der Waals surface area contributed by atoms with E-state index < -0.39 is 5.97 Å². The van der Waals surface area contributed by atoms with Gasteiger partial charge in [0.05, 0.1) is 11.9 Å². The Balaban J connectivity index is 2.63. The van der Waals surface area contributed by atoms with E-state index in [0.29, 0.717) is 5.92 Å². The summed E-state index contributed by atoms with van der Waals surface area (Å²) in [6, 6.07) is 3.32. The zero-order valence-electron chi connectivity index (χ0n) is 9.97. The zero-order chi connectivity index (χ0) is 12.1. The second-order valence-electron chi connectivity index (χ2n) is 4.31. The maximum absolute atomic E-state index is 10.6. The molecule has 4 heteroatoms. The topological polar surface area (TPSA) is 53.4 Å². The van der Waals surface area contributed by atoms with Gasteiger partial charge >= 0.3 is 5.97 Å². The van der Waals surface area contributed by atoms with Gasteiger partial charge in [-0.3, -0.25) is 0 Å². The van der Waals surface area contributed by atoms with Gasteiger partial charge in [-0.15, -0.1) is 0 Å². The Labute approximate surface area is 95.9 Å². The molecule has 0 aliphatic heterocycles. The van der Waals surface area contributed by atoms with Crippen LogP contribution >= 0.6 is 0 Å². The Bertz CT molecular complexity index is 347. The Kier molecular flexibility index (Phi) is 4.28. The summed E-state index contributed by atoms with van der Waals surface area (Å²) in [5.41, 5.74) is 1.03. The van der Waals surface area contributed by atoms with Crippen LogP contribution in [0.25, 0.3) is 0 Å². The van der Waals surface area contributed by atoms with Crippen LogP contribution in [0, 0.1) is 5.92 Å². The van der Waals surface area contributed by atoms with Crippen molar-refractivity contribution in [3.05, 3.63) is 24.0 Å². The minimum atomic E-state index is -0.989. The largest absolute Gasteiger partial charge is 0.477 e. The monoisotopic (exact) mass is 222 g/mol. The second kappa shape index (κ2) is 5.49. The molecule has 1 aromatic heterocycles. The van der Waals surface area contributed by atoms with Crippen LogP contribution < -0.4 is 4.90 Å². The van der Waals surface area contributed by atoms with E-state index in [-0.39, 0.29) is 5.69 Å². The number of aromatic nitrogens is 1. The summed E-state index contributed by atoms with van der Waals surface area (Å²) in [6.07, 6.45) is 2.71. The maximum Gasteiger partial charge on any atom is 0.354 e. The molecule has 1 N–H and O–H groups in total. The summed E-state index contributed by atoms with van der Waals surface area (Å²) in [7, 11) is 1.99. The average molecular weight is 222 g/mol. The summed E-state index contributed by atoms with van der Waals surface area (Å²) in [5, 5.41) is 8.71. The van der Waals surface area contributed by atoms with Crippen LogP contribution in [-0.2, 0) is 0 Å². The molecule has 0 saturated carbocycles. The van der Waals surface area contributed by atoms with Gasteiger partial charge in [0.25, 0.3) is 0 Å². The minimum absolute atomic E-state index is 0.0843. The molecule has 16 heavy (non-hydrogen) atoms. The predicted octanol–water partition coefficient (Wildman–Crippen LogP) is 2.26. The van der Waals surface area contributed by atoms with Gasteiger partial charge in [-0.2, -0.15) is 0 Å². The minimum Gasteiger partial charge on any atom is -0.477 e. The Morgan fingerprint density at radius 3 is 2.62 bits per heavy atom. The molecule has 0 atom stereocenters. The highest BCUT2D eigenvalue weighted by molar-refractivity contribution is 5.85. The molecule has 0 aliphatic carbocycles. The van der Waals surface area contributed by atoms with E-state index >= 15 is 0 Å². The molecule has 0 aliphatic rings. The van der Waals surface area contributed by atoms with Crippen LogP contribution in [0.3, 0.4) is 0 Å². The third-order valence-electron chi connectivity index (χ3n) is 2.45. The molecular weight excluding hydrogens is 204 g/mol. The predicted molar refractivity (Wildman–Crippen MR) is 63.9 cm³/mol. The lowest BCUT2D eigenvalue weighted by atomic mass is 10.1. The third kappa shape index (κ3) is 3.53. The van der Waals surface area contributed by atoms with E-state index in [1.165, 1.54) is 6.07 Å². The number of carboxylic acids is 1. The second-order valence-corrected chi connectivity index (χ2v) is 4.31. The van der Waals surface area contributed by atoms with Crippen molar-refractivity contribution in [3.63, 3.8) is 0 Å². The molecule has 4 nitrogen and oxygen atoms in total. The lowest BCUT2D eigenvalue weighted by molar-refractivity contribution is 0.0690. The molecule has 0 saturated heterocycles. The van der Waals surface area contributed by atoms with E-state index in [2.05, 4.69) is 23.7 Å². The molecule has 0 radical (unpaired) electrons. The molecule has 0 unspecified atom stereocenters. The first-order valence-corrected chi connectivity index (χ1v) is 5.41. The maximum atomic E-state index is 10.6.